The first-order valence-corrected chi connectivity index (χ1v) is 7.25. The van der Waals surface area contributed by atoms with Crippen molar-refractivity contribution >= 4 is 23.2 Å². The zero-order valence-corrected chi connectivity index (χ0v) is 11.9. The third-order valence-electron chi connectivity index (χ3n) is 3.71. The lowest BCUT2D eigenvalue weighted by Gasteiger charge is -2.29. The molecule has 2 aromatic rings. The van der Waals surface area contributed by atoms with Gasteiger partial charge in [-0.3, -0.25) is 4.79 Å². The van der Waals surface area contributed by atoms with E-state index in [2.05, 4.69) is 6.07 Å². The molecule has 1 amide bonds. The Kier molecular flexibility index (Phi) is 3.75. The largest absolute Gasteiger partial charge is 0.312 e. The third-order valence-corrected chi connectivity index (χ3v) is 4.08. The Morgan fingerprint density at radius 3 is 2.70 bits per heavy atom. The molecule has 0 radical (unpaired) electrons. The van der Waals surface area contributed by atoms with Crippen LogP contribution in [0.3, 0.4) is 0 Å². The molecule has 0 saturated carbocycles. The SMILES string of the molecule is O=C(Cc1ccccc1Cl)N1CCCc2ccccc21. The third kappa shape index (κ3) is 2.56. The van der Waals surface area contributed by atoms with Crippen LogP contribution in [0.15, 0.2) is 48.5 Å². The monoisotopic (exact) mass is 285 g/mol. The molecule has 0 saturated heterocycles. The minimum atomic E-state index is 0.116. The second-order valence-corrected chi connectivity index (χ2v) is 5.45. The van der Waals surface area contributed by atoms with E-state index in [1.165, 1.54) is 5.56 Å². The van der Waals surface area contributed by atoms with Gasteiger partial charge in [0.05, 0.1) is 6.42 Å². The van der Waals surface area contributed by atoms with E-state index in [0.717, 1.165) is 30.6 Å². The van der Waals surface area contributed by atoms with Crippen molar-refractivity contribution in [1.29, 1.82) is 0 Å². The fraction of sp³-hybridized carbons (Fsp3) is 0.235. The van der Waals surface area contributed by atoms with Gasteiger partial charge in [-0.1, -0.05) is 48.0 Å². The van der Waals surface area contributed by atoms with Crippen molar-refractivity contribution in [3.8, 4) is 0 Å². The van der Waals surface area contributed by atoms with Crippen molar-refractivity contribution in [1.82, 2.24) is 0 Å². The van der Waals surface area contributed by atoms with Crippen molar-refractivity contribution in [3.05, 3.63) is 64.7 Å². The van der Waals surface area contributed by atoms with Crippen LogP contribution < -0.4 is 4.90 Å². The Hall–Kier alpha value is -1.80. The minimum absolute atomic E-state index is 0.116. The van der Waals surface area contributed by atoms with Crippen LogP contribution in [0.25, 0.3) is 0 Å². The summed E-state index contributed by atoms with van der Waals surface area (Å²) in [5.74, 6) is 0.116. The summed E-state index contributed by atoms with van der Waals surface area (Å²) in [6.45, 7) is 0.792. The lowest BCUT2D eigenvalue weighted by molar-refractivity contribution is -0.118. The fourth-order valence-electron chi connectivity index (χ4n) is 2.69. The predicted octanol–water partition coefficient (Wildman–Crippen LogP) is 3.86. The highest BCUT2D eigenvalue weighted by molar-refractivity contribution is 6.31. The maximum absolute atomic E-state index is 12.5. The van der Waals surface area contributed by atoms with Gasteiger partial charge in [-0.15, -0.1) is 0 Å². The molecule has 0 unspecified atom stereocenters. The van der Waals surface area contributed by atoms with Gasteiger partial charge in [0.2, 0.25) is 5.91 Å². The van der Waals surface area contributed by atoms with Crippen molar-refractivity contribution < 1.29 is 4.79 Å². The number of amides is 1. The summed E-state index contributed by atoms with van der Waals surface area (Å²) in [7, 11) is 0. The maximum atomic E-state index is 12.5. The summed E-state index contributed by atoms with van der Waals surface area (Å²) in [6.07, 6.45) is 2.42. The molecular weight excluding hydrogens is 270 g/mol. The molecule has 2 nitrogen and oxygen atoms in total. The van der Waals surface area contributed by atoms with Gasteiger partial charge >= 0.3 is 0 Å². The van der Waals surface area contributed by atoms with E-state index in [-0.39, 0.29) is 5.91 Å². The lowest BCUT2D eigenvalue weighted by atomic mass is 10.0. The smallest absolute Gasteiger partial charge is 0.231 e. The second kappa shape index (κ2) is 5.68. The van der Waals surface area contributed by atoms with Crippen molar-refractivity contribution in [2.24, 2.45) is 0 Å². The van der Waals surface area contributed by atoms with Gasteiger partial charge in [0, 0.05) is 17.3 Å². The number of rotatable bonds is 2. The van der Waals surface area contributed by atoms with Crippen LogP contribution in [-0.2, 0) is 17.6 Å². The molecule has 1 aliphatic heterocycles. The van der Waals surface area contributed by atoms with Crippen molar-refractivity contribution in [2.45, 2.75) is 19.3 Å². The van der Waals surface area contributed by atoms with E-state index in [1.807, 2.05) is 47.4 Å². The van der Waals surface area contributed by atoms with Crippen molar-refractivity contribution in [3.63, 3.8) is 0 Å². The molecular formula is C17H16ClNO. The molecule has 1 aliphatic rings. The van der Waals surface area contributed by atoms with Crippen LogP contribution in [0.5, 0.6) is 0 Å². The van der Waals surface area contributed by atoms with Crippen molar-refractivity contribution in [2.75, 3.05) is 11.4 Å². The van der Waals surface area contributed by atoms with E-state index in [1.54, 1.807) is 0 Å². The van der Waals surface area contributed by atoms with Gasteiger partial charge in [-0.05, 0) is 36.1 Å². The van der Waals surface area contributed by atoms with Gasteiger partial charge in [0.1, 0.15) is 0 Å². The Labute approximate surface area is 124 Å². The number of halogens is 1. The highest BCUT2D eigenvalue weighted by atomic mass is 35.5. The zero-order valence-electron chi connectivity index (χ0n) is 11.2. The zero-order chi connectivity index (χ0) is 13.9. The van der Waals surface area contributed by atoms with E-state index in [9.17, 15) is 4.79 Å². The molecule has 102 valence electrons. The number of benzene rings is 2. The molecule has 0 bridgehead atoms. The molecule has 0 aromatic heterocycles. The molecule has 0 spiro atoms. The number of carbonyl (C=O) groups is 1. The molecule has 0 fully saturated rings. The Bertz CT molecular complexity index is 638. The van der Waals surface area contributed by atoms with E-state index in [4.69, 9.17) is 11.6 Å². The molecule has 0 N–H and O–H groups in total. The molecule has 2 aromatic carbocycles. The first-order chi connectivity index (χ1) is 9.75. The molecule has 1 heterocycles. The maximum Gasteiger partial charge on any atom is 0.231 e. The van der Waals surface area contributed by atoms with Crippen LogP contribution in [-0.4, -0.2) is 12.5 Å². The van der Waals surface area contributed by atoms with Crippen LogP contribution in [0, 0.1) is 0 Å². The first kappa shape index (κ1) is 13.2. The van der Waals surface area contributed by atoms with Gasteiger partial charge in [0.15, 0.2) is 0 Å². The van der Waals surface area contributed by atoms with Gasteiger partial charge in [0.25, 0.3) is 0 Å². The normalized spacial score (nSPS) is 13.9. The van der Waals surface area contributed by atoms with Crippen LogP contribution in [0.1, 0.15) is 17.5 Å². The van der Waals surface area contributed by atoms with Crippen LogP contribution in [0.4, 0.5) is 5.69 Å². The number of para-hydroxylation sites is 1. The number of carbonyl (C=O) groups excluding carboxylic acids is 1. The number of nitrogens with zero attached hydrogens (tertiary/aromatic N) is 1. The Balaban J connectivity index is 1.84. The number of fused-ring (bicyclic) bond motifs is 1. The molecule has 3 rings (SSSR count). The molecule has 3 heteroatoms. The summed E-state index contributed by atoms with van der Waals surface area (Å²) >= 11 is 6.14. The number of aryl methyl sites for hydroxylation is 1. The van der Waals surface area contributed by atoms with Crippen LogP contribution in [0.2, 0.25) is 5.02 Å². The second-order valence-electron chi connectivity index (χ2n) is 5.05. The number of hydrogen-bond acceptors (Lipinski definition) is 1. The minimum Gasteiger partial charge on any atom is -0.312 e. The van der Waals surface area contributed by atoms with Gasteiger partial charge < -0.3 is 4.90 Å². The summed E-state index contributed by atoms with van der Waals surface area (Å²) in [4.78, 5) is 14.4. The number of hydrogen-bond donors (Lipinski definition) is 0. The molecule has 0 atom stereocenters. The molecule has 0 aliphatic carbocycles. The summed E-state index contributed by atoms with van der Waals surface area (Å²) < 4.78 is 0. The first-order valence-electron chi connectivity index (χ1n) is 6.87. The fourth-order valence-corrected chi connectivity index (χ4v) is 2.90. The van der Waals surface area contributed by atoms with Crippen LogP contribution >= 0.6 is 11.6 Å². The Morgan fingerprint density at radius 2 is 1.85 bits per heavy atom. The standard InChI is InChI=1S/C17H16ClNO/c18-15-9-3-1-7-14(15)12-17(20)19-11-5-8-13-6-2-4-10-16(13)19/h1-4,6-7,9-10H,5,8,11-12H2. The average molecular weight is 286 g/mol. The van der Waals surface area contributed by atoms with Gasteiger partial charge in [-0.2, -0.15) is 0 Å². The highest BCUT2D eigenvalue weighted by Gasteiger charge is 2.22. The van der Waals surface area contributed by atoms with Gasteiger partial charge in [-0.25, -0.2) is 0 Å². The predicted molar refractivity (Wildman–Crippen MR) is 82.3 cm³/mol. The van der Waals surface area contributed by atoms with E-state index in [0.29, 0.717) is 11.4 Å². The summed E-state index contributed by atoms with van der Waals surface area (Å²) in [5, 5.41) is 0.658. The quantitative estimate of drug-likeness (QED) is 0.820. The van der Waals surface area contributed by atoms with E-state index >= 15 is 0 Å². The topological polar surface area (TPSA) is 20.3 Å². The van der Waals surface area contributed by atoms with E-state index < -0.39 is 0 Å². The Morgan fingerprint density at radius 1 is 1.10 bits per heavy atom. The number of anilines is 1. The summed E-state index contributed by atoms with van der Waals surface area (Å²) in [5.41, 5.74) is 3.20. The summed E-state index contributed by atoms with van der Waals surface area (Å²) in [6, 6.07) is 15.7. The lowest BCUT2D eigenvalue weighted by Crippen LogP contribution is -2.36. The highest BCUT2D eigenvalue weighted by Crippen LogP contribution is 2.27. The molecule has 20 heavy (non-hydrogen) atoms. The average Bonchev–Trinajstić information content (AvgIpc) is 2.49.